The highest BCUT2D eigenvalue weighted by Gasteiger charge is 2.45. The number of nitrogens with zero attached hydrogens (tertiary/aromatic N) is 1. The predicted octanol–water partition coefficient (Wildman–Crippen LogP) is 1.91. The van der Waals surface area contributed by atoms with Crippen molar-refractivity contribution in [3.05, 3.63) is 35.9 Å². The van der Waals surface area contributed by atoms with E-state index < -0.39 is 41.1 Å². The molecule has 0 aliphatic carbocycles. The maximum Gasteiger partial charge on any atom is 0.410 e. The van der Waals surface area contributed by atoms with Gasteiger partial charge >= 0.3 is 12.1 Å². The molecule has 0 aromatic heterocycles. The molecule has 1 aliphatic rings. The van der Waals surface area contributed by atoms with Crippen molar-refractivity contribution in [1.82, 2.24) is 10.2 Å². The smallest absolute Gasteiger partial charge is 0.410 e. The quantitative estimate of drug-likeness (QED) is 0.688. The minimum atomic E-state index is -1.41. The Morgan fingerprint density at radius 2 is 1.69 bits per heavy atom. The van der Waals surface area contributed by atoms with Gasteiger partial charge in [-0.15, -0.1) is 0 Å². The van der Waals surface area contributed by atoms with E-state index >= 15 is 0 Å². The number of carboxylic acids is 1. The lowest BCUT2D eigenvalue weighted by atomic mass is 9.71. The molecule has 8 heteroatoms. The molecule has 1 saturated heterocycles. The van der Waals surface area contributed by atoms with E-state index in [9.17, 15) is 24.6 Å². The van der Waals surface area contributed by atoms with Gasteiger partial charge in [0.15, 0.2) is 6.04 Å². The van der Waals surface area contributed by atoms with E-state index in [1.165, 1.54) is 6.92 Å². The molecule has 0 spiro atoms. The molecule has 160 valence electrons. The Hall–Kier alpha value is -2.61. The number of aliphatic hydroxyl groups excluding tert-OH is 1. The molecule has 0 saturated carbocycles. The summed E-state index contributed by atoms with van der Waals surface area (Å²) < 4.78 is 5.41. The second-order valence-electron chi connectivity index (χ2n) is 8.45. The topological polar surface area (TPSA) is 116 Å². The summed E-state index contributed by atoms with van der Waals surface area (Å²) in [5.41, 5.74) is -0.868. The van der Waals surface area contributed by atoms with Crippen LogP contribution in [0.4, 0.5) is 4.79 Å². The Balaban J connectivity index is 2.25. The van der Waals surface area contributed by atoms with Crippen LogP contribution in [0.15, 0.2) is 30.3 Å². The normalized spacial score (nSPS) is 18.4. The minimum absolute atomic E-state index is 0.295. The molecule has 0 bridgehead atoms. The number of carbonyl (C=O) groups excluding carboxylic acids is 2. The Morgan fingerprint density at radius 3 is 2.14 bits per heavy atom. The molecule has 1 unspecified atom stereocenters. The van der Waals surface area contributed by atoms with Crippen LogP contribution >= 0.6 is 0 Å². The number of carbonyl (C=O) groups is 3. The van der Waals surface area contributed by atoms with Gasteiger partial charge < -0.3 is 25.2 Å². The van der Waals surface area contributed by atoms with Gasteiger partial charge in [0, 0.05) is 13.1 Å². The predicted molar refractivity (Wildman–Crippen MR) is 106 cm³/mol. The number of nitrogens with one attached hydrogen (secondary N) is 1. The van der Waals surface area contributed by atoms with Crippen molar-refractivity contribution >= 4 is 18.0 Å². The molecule has 1 aromatic rings. The first-order valence-electron chi connectivity index (χ1n) is 9.71. The third-order valence-electron chi connectivity index (χ3n) is 5.06. The number of aliphatic hydroxyl groups is 1. The first-order chi connectivity index (χ1) is 13.5. The van der Waals surface area contributed by atoms with Crippen LogP contribution in [0.3, 0.4) is 0 Å². The van der Waals surface area contributed by atoms with Crippen molar-refractivity contribution in [1.29, 1.82) is 0 Å². The van der Waals surface area contributed by atoms with E-state index in [1.807, 2.05) is 30.3 Å². The second kappa shape index (κ2) is 8.82. The SMILES string of the molecule is CC(O)[C@H](NC(=O)C1(c2ccccc2)CCN(C(=O)OC(C)(C)C)CC1)C(=O)O. The highest BCUT2D eigenvalue weighted by Crippen LogP contribution is 2.36. The molecular weight excluding hydrogens is 376 g/mol. The van der Waals surface area contributed by atoms with E-state index in [2.05, 4.69) is 5.32 Å². The zero-order valence-corrected chi connectivity index (χ0v) is 17.3. The van der Waals surface area contributed by atoms with E-state index in [4.69, 9.17) is 4.74 Å². The van der Waals surface area contributed by atoms with Gasteiger partial charge in [0.2, 0.25) is 5.91 Å². The summed E-state index contributed by atoms with van der Waals surface area (Å²) in [5.74, 6) is -1.77. The van der Waals surface area contributed by atoms with Crippen molar-refractivity contribution in [2.24, 2.45) is 0 Å². The molecule has 1 fully saturated rings. The lowest BCUT2D eigenvalue weighted by Crippen LogP contribution is -2.58. The van der Waals surface area contributed by atoms with Gasteiger partial charge in [-0.2, -0.15) is 0 Å². The fraction of sp³-hybridized carbons (Fsp3) is 0.571. The molecule has 8 nitrogen and oxygen atoms in total. The lowest BCUT2D eigenvalue weighted by molar-refractivity contribution is -0.146. The first-order valence-corrected chi connectivity index (χ1v) is 9.71. The standard InChI is InChI=1S/C21H30N2O6/c1-14(24)16(17(25)26)22-18(27)21(15-8-6-5-7-9-15)10-12-23(13-11-21)19(28)29-20(2,3)4/h5-9,14,16,24H,10-13H2,1-4H3,(H,22,27)(H,25,26)/t14?,16-/m0/s1. The summed E-state index contributed by atoms with van der Waals surface area (Å²) in [4.78, 5) is 38.6. The molecule has 3 N–H and O–H groups in total. The van der Waals surface area contributed by atoms with Crippen LogP contribution in [0.1, 0.15) is 46.1 Å². The zero-order valence-electron chi connectivity index (χ0n) is 17.3. The molecule has 2 rings (SSSR count). The van der Waals surface area contributed by atoms with Crippen molar-refractivity contribution in [2.75, 3.05) is 13.1 Å². The highest BCUT2D eigenvalue weighted by molar-refractivity contribution is 5.92. The summed E-state index contributed by atoms with van der Waals surface area (Å²) >= 11 is 0. The average Bonchev–Trinajstić information content (AvgIpc) is 2.64. The van der Waals surface area contributed by atoms with Crippen LogP contribution in [-0.4, -0.2) is 63.9 Å². The van der Waals surface area contributed by atoms with E-state index in [0.717, 1.165) is 5.56 Å². The third kappa shape index (κ3) is 5.47. The van der Waals surface area contributed by atoms with Crippen LogP contribution in [0.2, 0.25) is 0 Å². The van der Waals surface area contributed by atoms with Crippen LogP contribution < -0.4 is 5.32 Å². The maximum atomic E-state index is 13.2. The number of carboxylic acid groups (broad SMARTS) is 1. The Morgan fingerprint density at radius 1 is 1.14 bits per heavy atom. The van der Waals surface area contributed by atoms with Crippen molar-refractivity contribution in [2.45, 2.75) is 63.7 Å². The van der Waals surface area contributed by atoms with E-state index in [1.54, 1.807) is 25.7 Å². The fourth-order valence-corrected chi connectivity index (χ4v) is 3.47. The number of amides is 2. The maximum absolute atomic E-state index is 13.2. The fourth-order valence-electron chi connectivity index (χ4n) is 3.47. The second-order valence-corrected chi connectivity index (χ2v) is 8.45. The van der Waals surface area contributed by atoms with E-state index in [-0.39, 0.29) is 0 Å². The van der Waals surface area contributed by atoms with Crippen molar-refractivity contribution in [3.8, 4) is 0 Å². The van der Waals surface area contributed by atoms with Gasteiger partial charge in [0.1, 0.15) is 5.60 Å². The number of hydrogen-bond acceptors (Lipinski definition) is 5. The molecular formula is C21H30N2O6. The molecule has 2 atom stereocenters. The average molecular weight is 406 g/mol. The number of likely N-dealkylation sites (tertiary alicyclic amines) is 1. The number of aliphatic carboxylic acids is 1. The summed E-state index contributed by atoms with van der Waals surface area (Å²) in [5, 5.41) is 21.6. The van der Waals surface area contributed by atoms with Gasteiger partial charge in [-0.3, -0.25) is 4.79 Å². The summed E-state index contributed by atoms with van der Waals surface area (Å²) in [6, 6.07) is 7.69. The van der Waals surface area contributed by atoms with Gasteiger partial charge in [-0.25, -0.2) is 9.59 Å². The van der Waals surface area contributed by atoms with E-state index in [0.29, 0.717) is 25.9 Å². The molecule has 0 radical (unpaired) electrons. The summed E-state index contributed by atoms with van der Waals surface area (Å²) in [7, 11) is 0. The number of rotatable bonds is 5. The third-order valence-corrected chi connectivity index (χ3v) is 5.06. The lowest BCUT2D eigenvalue weighted by Gasteiger charge is -2.41. The van der Waals surface area contributed by atoms with Crippen LogP contribution in [0.5, 0.6) is 0 Å². The van der Waals surface area contributed by atoms with Crippen molar-refractivity contribution in [3.63, 3.8) is 0 Å². The van der Waals surface area contributed by atoms with Crippen LogP contribution in [0, 0.1) is 0 Å². The zero-order chi connectivity index (χ0) is 21.8. The Labute approximate surface area is 170 Å². The number of ether oxygens (including phenoxy) is 1. The number of hydrogen-bond donors (Lipinski definition) is 3. The van der Waals surface area contributed by atoms with Gasteiger partial charge in [-0.05, 0) is 46.1 Å². The Bertz CT molecular complexity index is 733. The Kier molecular flexibility index (Phi) is 6.89. The van der Waals surface area contributed by atoms with Crippen LogP contribution in [0.25, 0.3) is 0 Å². The molecule has 1 aromatic carbocycles. The first kappa shape index (κ1) is 22.7. The van der Waals surface area contributed by atoms with Crippen LogP contribution in [-0.2, 0) is 19.7 Å². The summed E-state index contributed by atoms with van der Waals surface area (Å²) in [6.07, 6.45) is -1.05. The molecule has 2 amide bonds. The largest absolute Gasteiger partial charge is 0.480 e. The van der Waals surface area contributed by atoms with Gasteiger partial charge in [0.05, 0.1) is 11.5 Å². The monoisotopic (exact) mass is 406 g/mol. The highest BCUT2D eigenvalue weighted by atomic mass is 16.6. The molecule has 29 heavy (non-hydrogen) atoms. The number of piperidine rings is 1. The number of benzene rings is 1. The van der Waals surface area contributed by atoms with Gasteiger partial charge in [0.25, 0.3) is 0 Å². The molecule has 1 heterocycles. The van der Waals surface area contributed by atoms with Crippen molar-refractivity contribution < 1.29 is 29.3 Å². The summed E-state index contributed by atoms with van der Waals surface area (Å²) in [6.45, 7) is 7.28. The minimum Gasteiger partial charge on any atom is -0.480 e. The van der Waals surface area contributed by atoms with Gasteiger partial charge in [-0.1, -0.05) is 30.3 Å². The molecule has 1 aliphatic heterocycles.